The van der Waals surface area contributed by atoms with E-state index in [1.165, 1.54) is 31.3 Å². The quantitative estimate of drug-likeness (QED) is 0.405. The summed E-state index contributed by atoms with van der Waals surface area (Å²) >= 11 is 0. The van der Waals surface area contributed by atoms with E-state index in [1.807, 2.05) is 6.92 Å². The molecule has 0 aliphatic heterocycles. The molecule has 6 heteroatoms. The van der Waals surface area contributed by atoms with Gasteiger partial charge in [0.05, 0.1) is 11.7 Å². The van der Waals surface area contributed by atoms with E-state index in [0.29, 0.717) is 36.0 Å². The zero-order valence-electron chi connectivity index (χ0n) is 21.7. The van der Waals surface area contributed by atoms with Crippen LogP contribution in [0.2, 0.25) is 0 Å². The second kappa shape index (κ2) is 8.76. The first-order valence-corrected chi connectivity index (χ1v) is 13.5. The summed E-state index contributed by atoms with van der Waals surface area (Å²) in [4.78, 5) is 0. The highest BCUT2D eigenvalue weighted by Gasteiger charge is 2.60. The molecule has 3 nitrogen and oxygen atoms in total. The molecular weight excluding hydrogens is 441 g/mol. The molecule has 196 valence electrons. The first kappa shape index (κ1) is 26.5. The first-order chi connectivity index (χ1) is 15.7. The van der Waals surface area contributed by atoms with E-state index in [1.54, 1.807) is 7.11 Å². The predicted molar refractivity (Wildman–Crippen MR) is 127 cm³/mol. The molecule has 4 aliphatic rings. The van der Waals surface area contributed by atoms with Crippen molar-refractivity contribution in [1.29, 1.82) is 0 Å². The van der Waals surface area contributed by atoms with Crippen LogP contribution in [0.25, 0.3) is 0 Å². The highest BCUT2D eigenvalue weighted by molar-refractivity contribution is 5.29. The van der Waals surface area contributed by atoms with Gasteiger partial charge in [-0.25, -0.2) is 0 Å². The molecule has 0 heterocycles. The number of fused-ring (bicyclic) bond motifs is 5. The summed E-state index contributed by atoms with van der Waals surface area (Å²) in [6.07, 6.45) is 6.23. The Hall–Kier alpha value is -0.590. The van der Waals surface area contributed by atoms with Crippen LogP contribution < -0.4 is 0 Å². The number of halogens is 3. The Morgan fingerprint density at radius 3 is 2.44 bits per heavy atom. The van der Waals surface area contributed by atoms with Gasteiger partial charge in [0.25, 0.3) is 0 Å². The first-order valence-electron chi connectivity index (χ1n) is 13.5. The fourth-order valence-corrected chi connectivity index (χ4v) is 8.47. The molecule has 2 N–H and O–H groups in total. The third kappa shape index (κ3) is 4.28. The topological polar surface area (TPSA) is 49.7 Å². The average Bonchev–Trinajstić information content (AvgIpc) is 3.16. The van der Waals surface area contributed by atoms with Crippen molar-refractivity contribution >= 4 is 0 Å². The summed E-state index contributed by atoms with van der Waals surface area (Å²) in [5.41, 5.74) is -1.78. The van der Waals surface area contributed by atoms with Crippen molar-refractivity contribution in [2.45, 2.75) is 122 Å². The lowest BCUT2D eigenvalue weighted by atomic mass is 9.44. The molecule has 4 aliphatic carbocycles. The molecule has 3 fully saturated rings. The molecule has 9 atom stereocenters. The number of hydrogen-bond donors (Lipinski definition) is 2. The summed E-state index contributed by atoms with van der Waals surface area (Å²) in [6.45, 7) is 7.71. The van der Waals surface area contributed by atoms with Gasteiger partial charge in [-0.2, -0.15) is 13.2 Å². The molecule has 0 spiro atoms. The molecular formula is C28H45F3O3. The average molecular weight is 487 g/mol. The van der Waals surface area contributed by atoms with Gasteiger partial charge in [0.1, 0.15) is 0 Å². The van der Waals surface area contributed by atoms with Crippen LogP contribution in [0.4, 0.5) is 13.2 Å². The maximum absolute atomic E-state index is 13.4. The van der Waals surface area contributed by atoms with Gasteiger partial charge in [-0.1, -0.05) is 38.8 Å². The number of rotatable bonds is 6. The number of hydrogen-bond acceptors (Lipinski definition) is 3. The molecule has 0 saturated heterocycles. The van der Waals surface area contributed by atoms with E-state index < -0.39 is 17.4 Å². The molecule has 3 saturated carbocycles. The lowest BCUT2D eigenvalue weighted by Crippen LogP contribution is -2.55. The van der Waals surface area contributed by atoms with E-state index >= 15 is 0 Å². The summed E-state index contributed by atoms with van der Waals surface area (Å²) < 4.78 is 46.1. The second-order valence-corrected chi connectivity index (χ2v) is 12.9. The third-order valence-corrected chi connectivity index (χ3v) is 11.0. The summed E-state index contributed by atoms with van der Waals surface area (Å²) in [5, 5.41) is 21.3. The van der Waals surface area contributed by atoms with Crippen LogP contribution in [0, 0.1) is 34.5 Å². The largest absolute Gasteiger partial charge is 0.416 e. The zero-order valence-corrected chi connectivity index (χ0v) is 21.7. The Morgan fingerprint density at radius 1 is 1.12 bits per heavy atom. The van der Waals surface area contributed by atoms with E-state index in [0.717, 1.165) is 26.2 Å². The minimum absolute atomic E-state index is 0.0176. The van der Waals surface area contributed by atoms with Crippen molar-refractivity contribution in [3.05, 3.63) is 11.6 Å². The Kier molecular flexibility index (Phi) is 6.82. The predicted octanol–water partition coefficient (Wildman–Crippen LogP) is 6.82. The minimum Gasteiger partial charge on any atom is -0.390 e. The standard InChI is InChI=1S/C28H45F3O3/c1-6-27(33)15-14-25(3)18(17-27)16-19(22(34-5)10-13-26(4,32)28(29,30)31)23-20-8-7-11-24(20,2)12-9-21(23)25/h16,19-23,32-33H,6-15,17H2,1-5H3/t19?,20-,21-,22+,23-,24-,25-,26-,27-/m0/s1. The number of alkyl halides is 3. The highest BCUT2D eigenvalue weighted by Crippen LogP contribution is 2.67. The lowest BCUT2D eigenvalue weighted by molar-refractivity contribution is -0.257. The van der Waals surface area contributed by atoms with Crippen molar-refractivity contribution in [3.63, 3.8) is 0 Å². The van der Waals surface area contributed by atoms with Crippen molar-refractivity contribution in [3.8, 4) is 0 Å². The summed E-state index contributed by atoms with van der Waals surface area (Å²) in [5.74, 6) is 1.42. The third-order valence-electron chi connectivity index (χ3n) is 11.0. The summed E-state index contributed by atoms with van der Waals surface area (Å²) in [7, 11) is 1.61. The van der Waals surface area contributed by atoms with Gasteiger partial charge in [-0.05, 0) is 99.7 Å². The monoisotopic (exact) mass is 486 g/mol. The molecule has 0 radical (unpaired) electrons. The van der Waals surface area contributed by atoms with Crippen LogP contribution in [0.5, 0.6) is 0 Å². The van der Waals surface area contributed by atoms with Crippen LogP contribution in [-0.2, 0) is 4.74 Å². The number of methoxy groups -OCH3 is 1. The van der Waals surface area contributed by atoms with Crippen LogP contribution >= 0.6 is 0 Å². The Morgan fingerprint density at radius 2 is 1.82 bits per heavy atom. The minimum atomic E-state index is -4.66. The number of aliphatic hydroxyl groups is 2. The van der Waals surface area contributed by atoms with Crippen LogP contribution in [0.15, 0.2) is 11.6 Å². The number of ether oxygens (including phenoxy) is 1. The van der Waals surface area contributed by atoms with E-state index in [4.69, 9.17) is 4.74 Å². The van der Waals surface area contributed by atoms with E-state index in [-0.39, 0.29) is 30.3 Å². The van der Waals surface area contributed by atoms with Crippen molar-refractivity contribution in [1.82, 2.24) is 0 Å². The maximum Gasteiger partial charge on any atom is 0.416 e. The van der Waals surface area contributed by atoms with Gasteiger partial charge < -0.3 is 14.9 Å². The van der Waals surface area contributed by atoms with Crippen LogP contribution in [0.3, 0.4) is 0 Å². The normalized spacial score (nSPS) is 44.9. The smallest absolute Gasteiger partial charge is 0.390 e. The second-order valence-electron chi connectivity index (χ2n) is 12.9. The van der Waals surface area contributed by atoms with Gasteiger partial charge in [-0.15, -0.1) is 0 Å². The molecule has 0 aromatic heterocycles. The molecule has 0 amide bonds. The van der Waals surface area contributed by atoms with E-state index in [2.05, 4.69) is 19.9 Å². The van der Waals surface area contributed by atoms with Gasteiger partial charge in [0.2, 0.25) is 0 Å². The Labute approximate surface area is 203 Å². The van der Waals surface area contributed by atoms with Crippen LogP contribution in [0.1, 0.15) is 98.3 Å². The van der Waals surface area contributed by atoms with Gasteiger partial charge >= 0.3 is 6.18 Å². The molecule has 0 aromatic rings. The van der Waals surface area contributed by atoms with Gasteiger partial charge in [0.15, 0.2) is 5.60 Å². The van der Waals surface area contributed by atoms with Gasteiger partial charge in [0, 0.05) is 13.0 Å². The van der Waals surface area contributed by atoms with Crippen molar-refractivity contribution in [2.24, 2.45) is 34.5 Å². The SMILES string of the molecule is CC[C@]1(O)CC[C@@]2(C)C(=CC([C@@H](CC[C@](C)(O)C(F)(F)F)OC)[C@H]3[C@@H]4CCC[C@@]4(C)CC[C@@H]32)C1. The van der Waals surface area contributed by atoms with Crippen molar-refractivity contribution in [2.75, 3.05) is 7.11 Å². The fraction of sp³-hybridized carbons (Fsp3) is 0.929. The Balaban J connectivity index is 1.71. The maximum atomic E-state index is 13.4. The van der Waals surface area contributed by atoms with Gasteiger partial charge in [-0.3, -0.25) is 0 Å². The Bertz CT molecular complexity index is 792. The van der Waals surface area contributed by atoms with Crippen LogP contribution in [-0.4, -0.2) is 40.8 Å². The molecule has 1 unspecified atom stereocenters. The van der Waals surface area contributed by atoms with E-state index in [9.17, 15) is 23.4 Å². The highest BCUT2D eigenvalue weighted by atomic mass is 19.4. The molecule has 0 aromatic carbocycles. The van der Waals surface area contributed by atoms with Crippen molar-refractivity contribution < 1.29 is 28.1 Å². The molecule has 0 bridgehead atoms. The molecule has 4 rings (SSSR count). The molecule has 34 heavy (non-hydrogen) atoms. The lowest BCUT2D eigenvalue weighted by Gasteiger charge is -2.61. The zero-order chi connectivity index (χ0) is 25.2. The fourth-order valence-electron chi connectivity index (χ4n) is 8.47. The summed E-state index contributed by atoms with van der Waals surface area (Å²) in [6, 6.07) is 0.